The Morgan fingerprint density at radius 1 is 1.39 bits per heavy atom. The van der Waals surface area contributed by atoms with Gasteiger partial charge in [0.05, 0.1) is 25.5 Å². The molecule has 11 nitrogen and oxygen atoms in total. The van der Waals surface area contributed by atoms with Gasteiger partial charge < -0.3 is 20.6 Å². The largest absolute Gasteiger partial charge is 0.465 e. The fourth-order valence-corrected chi connectivity index (χ4v) is 2.55. The van der Waals surface area contributed by atoms with Crippen LogP contribution in [0.15, 0.2) is 28.7 Å². The minimum absolute atomic E-state index is 0.251. The lowest BCUT2D eigenvalue weighted by Crippen LogP contribution is -2.09. The molecule has 0 saturated heterocycles. The van der Waals surface area contributed by atoms with Crippen LogP contribution in [-0.2, 0) is 14.4 Å². The van der Waals surface area contributed by atoms with Crippen LogP contribution in [0.1, 0.15) is 28.0 Å². The standard InChI is InChI=1S/C14H16N6O3S.C2H5NO/c1-9-11(13(21)22-3)24-14(19-9)18-6-7-23-20-12(15-2)10-8-16-4-5-17-10;1-2(3)4/h4-5,8H,2,6-7H2,1,3H3,(H,18,19);1H3,(H2,3,4)/b20-12-;. The Kier molecular flexibility index (Phi) is 9.75. The van der Waals surface area contributed by atoms with Gasteiger partial charge in [0, 0.05) is 19.3 Å². The molecule has 0 fully saturated rings. The highest BCUT2D eigenvalue weighted by molar-refractivity contribution is 7.17. The van der Waals surface area contributed by atoms with Crippen molar-refractivity contribution in [2.75, 3.05) is 25.6 Å². The molecule has 2 rings (SSSR count). The number of ether oxygens (including phenoxy) is 1. The van der Waals surface area contributed by atoms with Crippen molar-refractivity contribution in [2.45, 2.75) is 13.8 Å². The summed E-state index contributed by atoms with van der Waals surface area (Å²) >= 11 is 1.22. The first-order valence-electron chi connectivity index (χ1n) is 7.87. The molecule has 0 aliphatic rings. The first kappa shape index (κ1) is 22.6. The topological polar surface area (TPSA) is 154 Å². The number of aliphatic imine (C=N–C) groups is 1. The van der Waals surface area contributed by atoms with Gasteiger partial charge >= 0.3 is 5.97 Å². The van der Waals surface area contributed by atoms with E-state index in [1.54, 1.807) is 13.1 Å². The second-order valence-corrected chi connectivity index (χ2v) is 5.96. The quantitative estimate of drug-likeness (QED) is 0.227. The monoisotopic (exact) mass is 407 g/mol. The number of thiazole rings is 1. The average molecular weight is 407 g/mol. The zero-order valence-corrected chi connectivity index (χ0v) is 16.5. The maximum Gasteiger partial charge on any atom is 0.350 e. The molecule has 0 bridgehead atoms. The number of aryl methyl sites for hydroxylation is 1. The lowest BCUT2D eigenvalue weighted by Gasteiger charge is -2.02. The van der Waals surface area contributed by atoms with Crippen molar-refractivity contribution in [2.24, 2.45) is 15.9 Å². The van der Waals surface area contributed by atoms with Crippen molar-refractivity contribution in [1.29, 1.82) is 0 Å². The van der Waals surface area contributed by atoms with Crippen LogP contribution in [0.5, 0.6) is 0 Å². The molecule has 0 aliphatic carbocycles. The van der Waals surface area contributed by atoms with Gasteiger partial charge in [0.2, 0.25) is 11.7 Å². The normalized spacial score (nSPS) is 10.3. The number of carbonyl (C=O) groups is 2. The Hall–Kier alpha value is -3.41. The second kappa shape index (κ2) is 12.1. The third-order valence-electron chi connectivity index (χ3n) is 2.73. The summed E-state index contributed by atoms with van der Waals surface area (Å²) in [7, 11) is 1.34. The minimum atomic E-state index is -0.399. The molecule has 0 aromatic carbocycles. The summed E-state index contributed by atoms with van der Waals surface area (Å²) in [5, 5.41) is 7.52. The van der Waals surface area contributed by atoms with Gasteiger partial charge in [-0.3, -0.25) is 9.78 Å². The predicted molar refractivity (Wildman–Crippen MR) is 106 cm³/mol. The SMILES string of the molecule is C=N/C(=N\OCCNc1nc(C)c(C(=O)OC)s1)c1cnccn1.CC(N)=O. The number of amides is 1. The van der Waals surface area contributed by atoms with Crippen LogP contribution in [0.4, 0.5) is 5.13 Å². The van der Waals surface area contributed by atoms with E-state index in [0.717, 1.165) is 0 Å². The number of hydrogen-bond acceptors (Lipinski definition) is 10. The van der Waals surface area contributed by atoms with E-state index >= 15 is 0 Å². The first-order chi connectivity index (χ1) is 13.4. The van der Waals surface area contributed by atoms with E-state index in [1.807, 2.05) is 0 Å². The van der Waals surface area contributed by atoms with Gasteiger partial charge in [-0.1, -0.05) is 16.5 Å². The second-order valence-electron chi connectivity index (χ2n) is 4.96. The summed E-state index contributed by atoms with van der Waals surface area (Å²) in [6, 6.07) is 0. The number of anilines is 1. The van der Waals surface area contributed by atoms with E-state index in [2.05, 4.69) is 47.6 Å². The van der Waals surface area contributed by atoms with Crippen LogP contribution in [0.3, 0.4) is 0 Å². The van der Waals surface area contributed by atoms with E-state index in [0.29, 0.717) is 27.9 Å². The number of aromatic nitrogens is 3. The summed E-state index contributed by atoms with van der Waals surface area (Å²) in [6.45, 7) is 7.19. The van der Waals surface area contributed by atoms with E-state index < -0.39 is 5.97 Å². The molecule has 150 valence electrons. The molecule has 0 radical (unpaired) electrons. The molecular formula is C16H21N7O4S. The van der Waals surface area contributed by atoms with Crippen LogP contribution in [0.25, 0.3) is 0 Å². The van der Waals surface area contributed by atoms with E-state index in [4.69, 9.17) is 4.84 Å². The molecule has 0 saturated carbocycles. The molecule has 1 amide bonds. The third kappa shape index (κ3) is 7.86. The first-order valence-corrected chi connectivity index (χ1v) is 8.69. The molecule has 0 atom stereocenters. The number of nitrogens with one attached hydrogen (secondary N) is 1. The van der Waals surface area contributed by atoms with Crippen molar-refractivity contribution < 1.29 is 19.2 Å². The number of methoxy groups -OCH3 is 1. The number of rotatable bonds is 7. The highest BCUT2D eigenvalue weighted by Crippen LogP contribution is 2.22. The van der Waals surface area contributed by atoms with Gasteiger partial charge in [0.15, 0.2) is 5.13 Å². The summed E-state index contributed by atoms with van der Waals surface area (Å²) in [5.74, 6) is -0.481. The molecular weight excluding hydrogens is 386 g/mol. The van der Waals surface area contributed by atoms with Crippen molar-refractivity contribution in [1.82, 2.24) is 15.0 Å². The summed E-state index contributed by atoms with van der Waals surface area (Å²) in [6.07, 6.45) is 4.59. The lowest BCUT2D eigenvalue weighted by molar-refractivity contribution is -0.115. The smallest absolute Gasteiger partial charge is 0.350 e. The molecule has 0 spiro atoms. The predicted octanol–water partition coefficient (Wildman–Crippen LogP) is 1.01. The van der Waals surface area contributed by atoms with Crippen LogP contribution in [-0.4, -0.2) is 59.6 Å². The highest BCUT2D eigenvalue weighted by atomic mass is 32.1. The number of carbonyl (C=O) groups excluding carboxylic acids is 2. The number of oxime groups is 1. The van der Waals surface area contributed by atoms with Crippen molar-refractivity contribution in [3.63, 3.8) is 0 Å². The number of amidine groups is 1. The molecule has 2 aromatic heterocycles. The number of hydrogen-bond donors (Lipinski definition) is 2. The minimum Gasteiger partial charge on any atom is -0.465 e. The zero-order chi connectivity index (χ0) is 20.9. The fraction of sp³-hybridized carbons (Fsp3) is 0.312. The molecule has 12 heteroatoms. The van der Waals surface area contributed by atoms with Gasteiger partial charge in [-0.15, -0.1) is 0 Å². The molecule has 28 heavy (non-hydrogen) atoms. The lowest BCUT2D eigenvalue weighted by atomic mass is 10.4. The summed E-state index contributed by atoms with van der Waals surface area (Å²) in [4.78, 5) is 42.4. The molecule has 0 aliphatic heterocycles. The number of esters is 1. The molecule has 2 heterocycles. The molecule has 0 unspecified atom stereocenters. The number of nitrogens with two attached hydrogens (primary N) is 1. The van der Waals surface area contributed by atoms with Crippen molar-refractivity contribution in [3.8, 4) is 0 Å². The highest BCUT2D eigenvalue weighted by Gasteiger charge is 2.15. The van der Waals surface area contributed by atoms with Crippen molar-refractivity contribution >= 4 is 40.9 Å². The molecule has 2 aromatic rings. The maximum absolute atomic E-state index is 11.5. The third-order valence-corrected chi connectivity index (χ3v) is 3.83. The van der Waals surface area contributed by atoms with Gasteiger partial charge in [-0.25, -0.2) is 19.8 Å². The zero-order valence-electron chi connectivity index (χ0n) is 15.7. The van der Waals surface area contributed by atoms with Gasteiger partial charge in [-0.2, -0.15) is 0 Å². The van der Waals surface area contributed by atoms with Crippen LogP contribution < -0.4 is 11.1 Å². The Balaban J connectivity index is 0.000000892. The van der Waals surface area contributed by atoms with Crippen LogP contribution in [0.2, 0.25) is 0 Å². The fourth-order valence-electron chi connectivity index (χ4n) is 1.64. The van der Waals surface area contributed by atoms with Gasteiger partial charge in [0.1, 0.15) is 17.2 Å². The van der Waals surface area contributed by atoms with Gasteiger partial charge in [-0.05, 0) is 13.6 Å². The number of nitrogens with zero attached hydrogens (tertiary/aromatic N) is 5. The maximum atomic E-state index is 11.5. The number of primary amides is 1. The summed E-state index contributed by atoms with van der Waals surface area (Å²) in [5.41, 5.74) is 5.56. The van der Waals surface area contributed by atoms with Crippen LogP contribution >= 0.6 is 11.3 Å². The summed E-state index contributed by atoms with van der Waals surface area (Å²) < 4.78 is 4.69. The Morgan fingerprint density at radius 3 is 2.68 bits per heavy atom. The van der Waals surface area contributed by atoms with E-state index in [9.17, 15) is 9.59 Å². The molecule has 3 N–H and O–H groups in total. The van der Waals surface area contributed by atoms with Crippen LogP contribution in [0, 0.1) is 6.92 Å². The van der Waals surface area contributed by atoms with E-state index in [1.165, 1.54) is 37.8 Å². The Morgan fingerprint density at radius 2 is 2.11 bits per heavy atom. The van der Waals surface area contributed by atoms with Gasteiger partial charge in [0.25, 0.3) is 0 Å². The average Bonchev–Trinajstić information content (AvgIpc) is 3.05. The Labute approximate surface area is 165 Å². The van der Waals surface area contributed by atoms with Crippen molar-refractivity contribution in [3.05, 3.63) is 34.9 Å². The Bertz CT molecular complexity index is 820. The van der Waals surface area contributed by atoms with E-state index in [-0.39, 0.29) is 18.3 Å².